The fraction of sp³-hybridized carbons (Fsp3) is 0.176. The molecule has 0 N–H and O–H groups in total. The normalized spacial score (nSPS) is 10.0. The zero-order valence-electron chi connectivity index (χ0n) is 13.6. The van der Waals surface area contributed by atoms with Crippen LogP contribution in [0.15, 0.2) is 42.5 Å². The third-order valence-corrected chi connectivity index (χ3v) is 3.36. The van der Waals surface area contributed by atoms with Crippen molar-refractivity contribution in [1.82, 2.24) is 0 Å². The van der Waals surface area contributed by atoms with Crippen LogP contribution in [0, 0.1) is 10.1 Å². The largest absolute Gasteiger partial charge is 0.496 e. The third-order valence-electron chi connectivity index (χ3n) is 3.36. The van der Waals surface area contributed by atoms with Crippen LogP contribution in [0.25, 0.3) is 0 Å². The van der Waals surface area contributed by atoms with Gasteiger partial charge < -0.3 is 14.2 Å². The summed E-state index contributed by atoms with van der Waals surface area (Å²) in [5, 5.41) is 10.8. The molecule has 130 valence electrons. The molecule has 0 saturated heterocycles. The van der Waals surface area contributed by atoms with E-state index < -0.39 is 16.9 Å². The number of methoxy groups -OCH3 is 2. The van der Waals surface area contributed by atoms with Crippen LogP contribution in [0.2, 0.25) is 0 Å². The Hall–Kier alpha value is -3.42. The molecule has 2 aromatic carbocycles. The first-order valence-electron chi connectivity index (χ1n) is 7.13. The van der Waals surface area contributed by atoms with Crippen molar-refractivity contribution in [3.63, 3.8) is 0 Å². The summed E-state index contributed by atoms with van der Waals surface area (Å²) in [5.41, 5.74) is 0.737. The highest BCUT2D eigenvalue weighted by Crippen LogP contribution is 2.25. The number of ether oxygens (including phenoxy) is 3. The molecule has 0 spiro atoms. The molecule has 0 amide bonds. The second-order valence-corrected chi connectivity index (χ2v) is 4.91. The lowest BCUT2D eigenvalue weighted by molar-refractivity contribution is -0.384. The van der Waals surface area contributed by atoms with E-state index in [-0.39, 0.29) is 23.6 Å². The van der Waals surface area contributed by atoms with E-state index in [1.807, 2.05) is 0 Å². The standard InChI is InChI=1S/C17H15NO7/c1-23-15-8-7-13(18(21)22)9-14(15)17(20)25-10-11-3-5-12(6-4-11)16(19)24-2/h3-9H,10H2,1-2H3. The number of nitrogens with zero attached hydrogens (tertiary/aromatic N) is 1. The number of hydrogen-bond donors (Lipinski definition) is 0. The van der Waals surface area contributed by atoms with Crippen LogP contribution in [0.4, 0.5) is 5.69 Å². The maximum atomic E-state index is 12.2. The minimum absolute atomic E-state index is 0.0390. The first-order valence-corrected chi connectivity index (χ1v) is 7.13. The Bertz CT molecular complexity index is 799. The molecule has 0 fully saturated rings. The van der Waals surface area contributed by atoms with E-state index in [0.717, 1.165) is 6.07 Å². The Morgan fingerprint density at radius 1 is 1.04 bits per heavy atom. The second kappa shape index (κ2) is 7.91. The number of carbonyl (C=O) groups is 2. The van der Waals surface area contributed by atoms with Crippen molar-refractivity contribution >= 4 is 17.6 Å². The highest BCUT2D eigenvalue weighted by molar-refractivity contribution is 5.93. The molecule has 0 aliphatic heterocycles. The summed E-state index contributed by atoms with van der Waals surface area (Å²) in [4.78, 5) is 33.8. The molecule has 2 aromatic rings. The Labute approximate surface area is 143 Å². The molecule has 0 radical (unpaired) electrons. The number of benzene rings is 2. The number of hydrogen-bond acceptors (Lipinski definition) is 7. The predicted molar refractivity (Wildman–Crippen MR) is 86.5 cm³/mol. The van der Waals surface area contributed by atoms with E-state index in [2.05, 4.69) is 4.74 Å². The number of carbonyl (C=O) groups excluding carboxylic acids is 2. The Kier molecular flexibility index (Phi) is 5.67. The second-order valence-electron chi connectivity index (χ2n) is 4.91. The lowest BCUT2D eigenvalue weighted by Crippen LogP contribution is -2.08. The van der Waals surface area contributed by atoms with Gasteiger partial charge >= 0.3 is 11.9 Å². The molecule has 0 aliphatic rings. The zero-order chi connectivity index (χ0) is 18.4. The molecule has 0 aliphatic carbocycles. The number of esters is 2. The summed E-state index contributed by atoms with van der Waals surface area (Å²) >= 11 is 0. The smallest absolute Gasteiger partial charge is 0.342 e. The molecule has 0 saturated carbocycles. The van der Waals surface area contributed by atoms with Crippen molar-refractivity contribution in [2.24, 2.45) is 0 Å². The Morgan fingerprint density at radius 2 is 1.72 bits per heavy atom. The van der Waals surface area contributed by atoms with Crippen LogP contribution in [-0.4, -0.2) is 31.1 Å². The van der Waals surface area contributed by atoms with Gasteiger partial charge in [-0.2, -0.15) is 0 Å². The summed E-state index contributed by atoms with van der Waals surface area (Å²) < 4.78 is 14.8. The fourth-order valence-corrected chi connectivity index (χ4v) is 2.05. The molecule has 0 heterocycles. The van der Waals surface area contributed by atoms with E-state index in [0.29, 0.717) is 11.1 Å². The number of nitro groups is 1. The van der Waals surface area contributed by atoms with Crippen molar-refractivity contribution in [2.45, 2.75) is 6.61 Å². The number of nitro benzene ring substituents is 1. The zero-order valence-corrected chi connectivity index (χ0v) is 13.6. The summed E-state index contributed by atoms with van der Waals surface area (Å²) in [5.74, 6) is -1.04. The van der Waals surface area contributed by atoms with Crippen LogP contribution >= 0.6 is 0 Å². The van der Waals surface area contributed by atoms with Crippen LogP contribution in [0.1, 0.15) is 26.3 Å². The van der Waals surface area contributed by atoms with Crippen molar-refractivity contribution in [3.8, 4) is 5.75 Å². The van der Waals surface area contributed by atoms with Crippen molar-refractivity contribution in [2.75, 3.05) is 14.2 Å². The minimum atomic E-state index is -0.752. The fourth-order valence-electron chi connectivity index (χ4n) is 2.05. The average molecular weight is 345 g/mol. The lowest BCUT2D eigenvalue weighted by atomic mass is 10.1. The first-order chi connectivity index (χ1) is 12.0. The molecular weight excluding hydrogens is 330 g/mol. The molecule has 0 atom stereocenters. The molecule has 0 unspecified atom stereocenters. The summed E-state index contributed by atoms with van der Waals surface area (Å²) in [6, 6.07) is 9.99. The van der Waals surface area contributed by atoms with E-state index >= 15 is 0 Å². The minimum Gasteiger partial charge on any atom is -0.496 e. The van der Waals surface area contributed by atoms with Gasteiger partial charge in [0.25, 0.3) is 5.69 Å². The number of non-ortho nitro benzene ring substituents is 1. The molecule has 0 aromatic heterocycles. The topological polar surface area (TPSA) is 105 Å². The van der Waals surface area contributed by atoms with Gasteiger partial charge in [0.1, 0.15) is 17.9 Å². The van der Waals surface area contributed by atoms with Gasteiger partial charge in [-0.1, -0.05) is 12.1 Å². The number of rotatable bonds is 6. The van der Waals surface area contributed by atoms with Gasteiger partial charge in [-0.3, -0.25) is 10.1 Å². The first kappa shape index (κ1) is 17.9. The predicted octanol–water partition coefficient (Wildman–Crippen LogP) is 2.75. The molecule has 8 nitrogen and oxygen atoms in total. The molecule has 2 rings (SSSR count). The van der Waals surface area contributed by atoms with Gasteiger partial charge in [-0.05, 0) is 23.8 Å². The maximum Gasteiger partial charge on any atom is 0.342 e. The van der Waals surface area contributed by atoms with Gasteiger partial charge in [0.15, 0.2) is 0 Å². The van der Waals surface area contributed by atoms with Crippen LogP contribution in [0.5, 0.6) is 5.75 Å². The van der Waals surface area contributed by atoms with Crippen molar-refractivity contribution < 1.29 is 28.7 Å². The van der Waals surface area contributed by atoms with Crippen molar-refractivity contribution in [3.05, 3.63) is 69.3 Å². The van der Waals surface area contributed by atoms with Crippen LogP contribution in [-0.2, 0) is 16.1 Å². The average Bonchev–Trinajstić information content (AvgIpc) is 2.65. The van der Waals surface area contributed by atoms with Crippen LogP contribution in [0.3, 0.4) is 0 Å². The van der Waals surface area contributed by atoms with Gasteiger partial charge in [-0.25, -0.2) is 9.59 Å². The van der Waals surface area contributed by atoms with Gasteiger partial charge in [0.2, 0.25) is 0 Å². The molecule has 8 heteroatoms. The third kappa shape index (κ3) is 4.31. The van der Waals surface area contributed by atoms with Crippen LogP contribution < -0.4 is 4.74 Å². The summed E-state index contributed by atoms with van der Waals surface area (Å²) in [7, 11) is 2.63. The molecule has 25 heavy (non-hydrogen) atoms. The van der Waals surface area contributed by atoms with Gasteiger partial charge in [0.05, 0.1) is 24.7 Å². The maximum absolute atomic E-state index is 12.2. The van der Waals surface area contributed by atoms with E-state index in [4.69, 9.17) is 9.47 Å². The van der Waals surface area contributed by atoms with E-state index in [1.54, 1.807) is 24.3 Å². The van der Waals surface area contributed by atoms with E-state index in [9.17, 15) is 19.7 Å². The SMILES string of the molecule is COC(=O)c1ccc(COC(=O)c2cc([N+](=O)[O-])ccc2OC)cc1. The van der Waals surface area contributed by atoms with Gasteiger partial charge in [-0.15, -0.1) is 0 Å². The van der Waals surface area contributed by atoms with Gasteiger partial charge in [0, 0.05) is 12.1 Å². The Balaban J connectivity index is 2.11. The highest BCUT2D eigenvalue weighted by atomic mass is 16.6. The Morgan fingerprint density at radius 3 is 2.28 bits per heavy atom. The van der Waals surface area contributed by atoms with E-state index in [1.165, 1.54) is 26.4 Å². The summed E-state index contributed by atoms with van der Waals surface area (Å²) in [6.45, 7) is -0.0634. The molecule has 0 bridgehead atoms. The van der Waals surface area contributed by atoms with Crippen molar-refractivity contribution in [1.29, 1.82) is 0 Å². The quantitative estimate of drug-likeness (QED) is 0.450. The lowest BCUT2D eigenvalue weighted by Gasteiger charge is -2.09. The highest BCUT2D eigenvalue weighted by Gasteiger charge is 2.19. The summed E-state index contributed by atoms with van der Waals surface area (Å²) in [6.07, 6.45) is 0. The monoisotopic (exact) mass is 345 g/mol. The molecular formula is C17H15NO7.